The van der Waals surface area contributed by atoms with Gasteiger partial charge in [-0.05, 0) is 19.3 Å². The second-order valence-corrected chi connectivity index (χ2v) is 3.34. The third-order valence-electron chi connectivity index (χ3n) is 2.38. The van der Waals surface area contributed by atoms with E-state index in [1.165, 1.54) is 18.5 Å². The summed E-state index contributed by atoms with van der Waals surface area (Å²) < 4.78 is 0. The lowest BCUT2D eigenvalue weighted by molar-refractivity contribution is -0.113. The second kappa shape index (κ2) is 3.13. The van der Waals surface area contributed by atoms with Crippen LogP contribution in [0.3, 0.4) is 0 Å². The maximum absolute atomic E-state index is 11.2. The molecule has 1 saturated heterocycles. The monoisotopic (exact) mass is 163 g/mol. The molecule has 0 bridgehead atoms. The van der Waals surface area contributed by atoms with E-state index < -0.39 is 0 Å². The number of carbonyl (C=O) groups excluding carboxylic acids is 1. The van der Waals surface area contributed by atoms with Gasteiger partial charge in [0, 0.05) is 30.9 Å². The van der Waals surface area contributed by atoms with Gasteiger partial charge < -0.3 is 4.90 Å². The van der Waals surface area contributed by atoms with Gasteiger partial charge in [0.1, 0.15) is 0 Å². The number of piperidine rings is 1. The largest absolute Gasteiger partial charge is 0.352 e. The molecule has 2 aliphatic heterocycles. The first-order valence-corrected chi connectivity index (χ1v) is 4.53. The van der Waals surface area contributed by atoms with Crippen molar-refractivity contribution in [1.29, 1.82) is 0 Å². The quantitative estimate of drug-likeness (QED) is 0.543. The molecule has 1 fully saturated rings. The molecule has 0 aromatic rings. The summed E-state index contributed by atoms with van der Waals surface area (Å²) in [6.45, 7) is 1.08. The molecule has 2 heterocycles. The molecule has 0 amide bonds. The van der Waals surface area contributed by atoms with Gasteiger partial charge in [0.05, 0.1) is 0 Å². The van der Waals surface area contributed by atoms with Crippen LogP contribution in [0.1, 0.15) is 25.7 Å². The molecule has 12 heavy (non-hydrogen) atoms. The van der Waals surface area contributed by atoms with Crippen molar-refractivity contribution in [2.45, 2.75) is 25.7 Å². The number of nitrogens with zero attached hydrogens (tertiary/aromatic N) is 1. The van der Waals surface area contributed by atoms with Crippen molar-refractivity contribution in [1.82, 2.24) is 4.90 Å². The van der Waals surface area contributed by atoms with E-state index in [0.717, 1.165) is 13.0 Å². The second-order valence-electron chi connectivity index (χ2n) is 3.34. The Labute approximate surface area is 72.6 Å². The number of hydrogen-bond acceptors (Lipinski definition) is 2. The minimum atomic E-state index is 0.241. The Hall–Kier alpha value is -1.05. The summed E-state index contributed by atoms with van der Waals surface area (Å²) in [4.78, 5) is 13.4. The van der Waals surface area contributed by atoms with Gasteiger partial charge in [-0.25, -0.2) is 0 Å². The number of ketones is 1. The molecule has 0 radical (unpaired) electrons. The zero-order valence-corrected chi connectivity index (χ0v) is 7.12. The first kappa shape index (κ1) is 7.59. The lowest BCUT2D eigenvalue weighted by Gasteiger charge is -2.27. The summed E-state index contributed by atoms with van der Waals surface area (Å²) in [6.07, 6.45) is 9.92. The summed E-state index contributed by atoms with van der Waals surface area (Å²) in [7, 11) is 0. The molecule has 0 unspecified atom stereocenters. The van der Waals surface area contributed by atoms with Crippen LogP contribution in [0.4, 0.5) is 0 Å². The molecule has 2 rings (SSSR count). The van der Waals surface area contributed by atoms with Crippen molar-refractivity contribution in [3.63, 3.8) is 0 Å². The van der Waals surface area contributed by atoms with Gasteiger partial charge >= 0.3 is 0 Å². The van der Waals surface area contributed by atoms with E-state index >= 15 is 0 Å². The zero-order chi connectivity index (χ0) is 8.39. The van der Waals surface area contributed by atoms with E-state index in [1.54, 1.807) is 6.08 Å². The van der Waals surface area contributed by atoms with Gasteiger partial charge in [0.15, 0.2) is 5.78 Å². The number of allylic oxidation sites excluding steroid dienone is 3. The van der Waals surface area contributed by atoms with E-state index in [1.807, 2.05) is 6.08 Å². The summed E-state index contributed by atoms with van der Waals surface area (Å²) in [6, 6.07) is 0. The highest BCUT2D eigenvalue weighted by Crippen LogP contribution is 2.22. The first-order valence-electron chi connectivity index (χ1n) is 4.53. The van der Waals surface area contributed by atoms with Crippen LogP contribution in [0.5, 0.6) is 0 Å². The van der Waals surface area contributed by atoms with Crippen molar-refractivity contribution in [3.05, 3.63) is 24.0 Å². The highest BCUT2D eigenvalue weighted by Gasteiger charge is 2.15. The molecular formula is C10H13NO. The molecule has 0 atom stereocenters. The van der Waals surface area contributed by atoms with Gasteiger partial charge in [-0.2, -0.15) is 0 Å². The van der Waals surface area contributed by atoms with Crippen LogP contribution in [0.25, 0.3) is 0 Å². The molecule has 0 aromatic carbocycles. The van der Waals surface area contributed by atoms with E-state index in [9.17, 15) is 4.79 Å². The molecule has 2 aliphatic rings. The summed E-state index contributed by atoms with van der Waals surface area (Å²) in [5.74, 6) is 0.241. The molecule has 0 aliphatic carbocycles. The molecular weight excluding hydrogens is 150 g/mol. The zero-order valence-electron chi connectivity index (χ0n) is 7.12. The van der Waals surface area contributed by atoms with Gasteiger partial charge in [0.2, 0.25) is 0 Å². The molecule has 2 nitrogen and oxygen atoms in total. The maximum atomic E-state index is 11.2. The van der Waals surface area contributed by atoms with E-state index in [2.05, 4.69) is 11.1 Å². The molecule has 64 valence electrons. The van der Waals surface area contributed by atoms with E-state index in [-0.39, 0.29) is 5.78 Å². The van der Waals surface area contributed by atoms with Gasteiger partial charge in [-0.1, -0.05) is 6.08 Å². The van der Waals surface area contributed by atoms with Crippen LogP contribution in [-0.2, 0) is 4.79 Å². The average molecular weight is 163 g/mol. The minimum absolute atomic E-state index is 0.241. The lowest BCUT2D eigenvalue weighted by atomic mass is 10.1. The standard InChI is InChI=1S/C10H13NO/c12-10-5-3-7-11-6-2-1-4-9(11)8-10/h3,7-8H,1-2,4-6H2. The molecule has 0 saturated carbocycles. The molecule has 0 aromatic heterocycles. The fourth-order valence-electron chi connectivity index (χ4n) is 1.74. The third kappa shape index (κ3) is 1.42. The normalized spacial score (nSPS) is 23.2. The highest BCUT2D eigenvalue weighted by atomic mass is 16.1. The van der Waals surface area contributed by atoms with Crippen molar-refractivity contribution in [3.8, 4) is 0 Å². The predicted molar refractivity (Wildman–Crippen MR) is 47.4 cm³/mol. The van der Waals surface area contributed by atoms with Crippen LogP contribution < -0.4 is 0 Å². The van der Waals surface area contributed by atoms with Gasteiger partial charge in [-0.3, -0.25) is 4.79 Å². The molecule has 0 spiro atoms. The van der Waals surface area contributed by atoms with Crippen molar-refractivity contribution in [2.75, 3.05) is 6.54 Å². The van der Waals surface area contributed by atoms with Crippen molar-refractivity contribution >= 4 is 5.78 Å². The van der Waals surface area contributed by atoms with Crippen LogP contribution >= 0.6 is 0 Å². The van der Waals surface area contributed by atoms with Crippen molar-refractivity contribution in [2.24, 2.45) is 0 Å². The average Bonchev–Trinajstić information content (AvgIpc) is 2.25. The first-order chi connectivity index (χ1) is 5.86. The maximum Gasteiger partial charge on any atom is 0.161 e. The fourth-order valence-corrected chi connectivity index (χ4v) is 1.74. The smallest absolute Gasteiger partial charge is 0.161 e. The Morgan fingerprint density at radius 1 is 1.33 bits per heavy atom. The Morgan fingerprint density at radius 3 is 3.17 bits per heavy atom. The minimum Gasteiger partial charge on any atom is -0.352 e. The Morgan fingerprint density at radius 2 is 2.25 bits per heavy atom. The lowest BCUT2D eigenvalue weighted by Crippen LogP contribution is -2.22. The number of hydrogen-bond donors (Lipinski definition) is 0. The summed E-state index contributed by atoms with van der Waals surface area (Å²) in [5.41, 5.74) is 1.21. The summed E-state index contributed by atoms with van der Waals surface area (Å²) in [5, 5.41) is 0. The Kier molecular flexibility index (Phi) is 1.98. The third-order valence-corrected chi connectivity index (χ3v) is 2.38. The van der Waals surface area contributed by atoms with E-state index in [0.29, 0.717) is 6.42 Å². The predicted octanol–water partition coefficient (Wildman–Crippen LogP) is 1.84. The van der Waals surface area contributed by atoms with Crippen LogP contribution in [0.15, 0.2) is 24.0 Å². The molecule has 0 N–H and O–H groups in total. The van der Waals surface area contributed by atoms with Crippen LogP contribution in [0.2, 0.25) is 0 Å². The summed E-state index contributed by atoms with van der Waals surface area (Å²) >= 11 is 0. The highest BCUT2D eigenvalue weighted by molar-refractivity contribution is 5.91. The van der Waals surface area contributed by atoms with Gasteiger partial charge in [-0.15, -0.1) is 0 Å². The number of fused-ring (bicyclic) bond motifs is 1. The number of carbonyl (C=O) groups is 1. The van der Waals surface area contributed by atoms with Crippen LogP contribution in [-0.4, -0.2) is 17.2 Å². The van der Waals surface area contributed by atoms with E-state index in [4.69, 9.17) is 0 Å². The Bertz CT molecular complexity index is 253. The molecule has 2 heteroatoms. The van der Waals surface area contributed by atoms with Crippen LogP contribution in [0, 0.1) is 0 Å². The Balaban J connectivity index is 2.24. The SMILES string of the molecule is O=C1C=C2CCCCN2C=CC1. The topological polar surface area (TPSA) is 20.3 Å². The van der Waals surface area contributed by atoms with Crippen molar-refractivity contribution < 1.29 is 4.79 Å². The van der Waals surface area contributed by atoms with Gasteiger partial charge in [0.25, 0.3) is 0 Å². The number of rotatable bonds is 0. The fraction of sp³-hybridized carbons (Fsp3) is 0.500.